The lowest BCUT2D eigenvalue weighted by atomic mass is 10.3. The van der Waals surface area contributed by atoms with E-state index in [1.165, 1.54) is 17.9 Å². The standard InChI is InChI=1S/C9H12N2O3/c1-7-5-8(12)11(10-6-7)4-3-9(13)14-2/h5-6H,3-4H2,1-2H3. The van der Waals surface area contributed by atoms with Gasteiger partial charge in [0, 0.05) is 6.07 Å². The highest BCUT2D eigenvalue weighted by atomic mass is 16.5. The number of carbonyl (C=O) groups excluding carboxylic acids is 1. The van der Waals surface area contributed by atoms with Gasteiger partial charge in [-0.1, -0.05) is 0 Å². The summed E-state index contributed by atoms with van der Waals surface area (Å²) in [5, 5.41) is 3.88. The summed E-state index contributed by atoms with van der Waals surface area (Å²) in [5.74, 6) is -0.348. The summed E-state index contributed by atoms with van der Waals surface area (Å²) < 4.78 is 5.69. The largest absolute Gasteiger partial charge is 0.469 e. The third kappa shape index (κ3) is 2.69. The monoisotopic (exact) mass is 196 g/mol. The molecule has 0 aliphatic heterocycles. The molecule has 1 aromatic rings. The normalized spacial score (nSPS) is 9.86. The first kappa shape index (κ1) is 10.4. The molecule has 0 spiro atoms. The number of carbonyl (C=O) groups is 1. The second kappa shape index (κ2) is 4.55. The number of aryl methyl sites for hydroxylation is 2. The molecule has 0 bridgehead atoms. The Hall–Kier alpha value is -1.65. The molecule has 1 rings (SSSR count). The molecular formula is C9H12N2O3. The van der Waals surface area contributed by atoms with Crippen molar-refractivity contribution < 1.29 is 9.53 Å². The molecule has 0 aliphatic carbocycles. The van der Waals surface area contributed by atoms with Gasteiger partial charge in [-0.15, -0.1) is 0 Å². The highest BCUT2D eigenvalue weighted by molar-refractivity contribution is 5.68. The molecule has 0 fully saturated rings. The Balaban J connectivity index is 2.68. The van der Waals surface area contributed by atoms with Crippen LogP contribution in [-0.2, 0) is 16.1 Å². The van der Waals surface area contributed by atoms with Crippen molar-refractivity contribution in [2.45, 2.75) is 19.9 Å². The van der Waals surface area contributed by atoms with Gasteiger partial charge in [0.1, 0.15) is 0 Å². The fourth-order valence-corrected chi connectivity index (χ4v) is 0.991. The number of esters is 1. The first-order valence-electron chi connectivity index (χ1n) is 4.24. The Kier molecular flexibility index (Phi) is 3.39. The number of rotatable bonds is 3. The number of hydrogen-bond acceptors (Lipinski definition) is 4. The summed E-state index contributed by atoms with van der Waals surface area (Å²) in [6.45, 7) is 2.05. The van der Waals surface area contributed by atoms with E-state index in [4.69, 9.17) is 0 Å². The average Bonchev–Trinajstić information content (AvgIpc) is 2.16. The van der Waals surface area contributed by atoms with Gasteiger partial charge in [0.05, 0.1) is 26.3 Å². The maximum Gasteiger partial charge on any atom is 0.307 e. The zero-order chi connectivity index (χ0) is 10.6. The van der Waals surface area contributed by atoms with Crippen LogP contribution in [0.1, 0.15) is 12.0 Å². The SMILES string of the molecule is COC(=O)CCn1ncc(C)cc1=O. The molecule has 0 aliphatic rings. The number of ether oxygens (including phenoxy) is 1. The summed E-state index contributed by atoms with van der Waals surface area (Å²) in [4.78, 5) is 22.1. The highest BCUT2D eigenvalue weighted by Gasteiger charge is 2.02. The maximum atomic E-state index is 11.3. The van der Waals surface area contributed by atoms with E-state index >= 15 is 0 Å². The zero-order valence-electron chi connectivity index (χ0n) is 8.19. The molecule has 76 valence electrons. The predicted octanol–water partition coefficient (Wildman–Crippen LogP) is 0.115. The van der Waals surface area contributed by atoms with Crippen molar-refractivity contribution in [3.8, 4) is 0 Å². The minimum atomic E-state index is -0.348. The molecule has 0 saturated heterocycles. The number of hydrogen-bond donors (Lipinski definition) is 0. The number of nitrogens with zero attached hydrogens (tertiary/aromatic N) is 2. The molecule has 0 amide bonds. The van der Waals surface area contributed by atoms with Gasteiger partial charge in [0.15, 0.2) is 0 Å². The van der Waals surface area contributed by atoms with Crippen molar-refractivity contribution in [2.75, 3.05) is 7.11 Å². The van der Waals surface area contributed by atoms with Gasteiger partial charge in [-0.3, -0.25) is 9.59 Å². The van der Waals surface area contributed by atoms with Crippen molar-refractivity contribution in [1.82, 2.24) is 9.78 Å². The highest BCUT2D eigenvalue weighted by Crippen LogP contribution is 1.90. The van der Waals surface area contributed by atoms with Crippen molar-refractivity contribution in [2.24, 2.45) is 0 Å². The van der Waals surface area contributed by atoms with Crippen LogP contribution in [0.3, 0.4) is 0 Å². The second-order valence-corrected chi connectivity index (χ2v) is 2.92. The predicted molar refractivity (Wildman–Crippen MR) is 49.9 cm³/mol. The van der Waals surface area contributed by atoms with E-state index in [1.54, 1.807) is 13.1 Å². The Labute approximate surface area is 81.3 Å². The van der Waals surface area contributed by atoms with E-state index in [-0.39, 0.29) is 24.5 Å². The molecule has 5 nitrogen and oxygen atoms in total. The minimum absolute atomic E-state index is 0.159. The molecule has 0 aromatic carbocycles. The first-order valence-corrected chi connectivity index (χ1v) is 4.24. The molecular weight excluding hydrogens is 184 g/mol. The van der Waals surface area contributed by atoms with E-state index in [2.05, 4.69) is 9.84 Å². The summed E-state index contributed by atoms with van der Waals surface area (Å²) >= 11 is 0. The van der Waals surface area contributed by atoms with Crippen LogP contribution in [0, 0.1) is 6.92 Å². The molecule has 0 N–H and O–H groups in total. The fraction of sp³-hybridized carbons (Fsp3) is 0.444. The van der Waals surface area contributed by atoms with Crippen LogP contribution in [-0.4, -0.2) is 22.9 Å². The van der Waals surface area contributed by atoms with Gasteiger partial charge in [-0.05, 0) is 12.5 Å². The smallest absolute Gasteiger partial charge is 0.307 e. The van der Waals surface area contributed by atoms with E-state index < -0.39 is 0 Å². The Morgan fingerprint density at radius 3 is 2.93 bits per heavy atom. The Bertz CT molecular complexity index is 384. The van der Waals surface area contributed by atoms with E-state index in [0.29, 0.717) is 0 Å². The quantitative estimate of drug-likeness (QED) is 0.644. The molecule has 5 heteroatoms. The Morgan fingerprint density at radius 1 is 1.64 bits per heavy atom. The van der Waals surface area contributed by atoms with E-state index in [0.717, 1.165) is 5.56 Å². The maximum absolute atomic E-state index is 11.3. The fourth-order valence-electron chi connectivity index (χ4n) is 0.991. The minimum Gasteiger partial charge on any atom is -0.469 e. The number of aromatic nitrogens is 2. The van der Waals surface area contributed by atoms with Gasteiger partial charge < -0.3 is 4.74 Å². The first-order chi connectivity index (χ1) is 6.63. The van der Waals surface area contributed by atoms with Gasteiger partial charge in [0.2, 0.25) is 0 Å². The Morgan fingerprint density at radius 2 is 2.36 bits per heavy atom. The van der Waals surface area contributed by atoms with Gasteiger partial charge in [-0.25, -0.2) is 4.68 Å². The van der Waals surface area contributed by atoms with Crippen LogP contribution < -0.4 is 5.56 Å². The van der Waals surface area contributed by atoms with Crippen LogP contribution in [0.15, 0.2) is 17.1 Å². The van der Waals surface area contributed by atoms with Crippen molar-refractivity contribution in [3.63, 3.8) is 0 Å². The molecule has 1 heterocycles. The van der Waals surface area contributed by atoms with Crippen LogP contribution in [0.4, 0.5) is 0 Å². The zero-order valence-corrected chi connectivity index (χ0v) is 8.19. The summed E-state index contributed by atoms with van der Waals surface area (Å²) in [7, 11) is 1.31. The summed E-state index contributed by atoms with van der Waals surface area (Å²) in [5.41, 5.74) is 0.609. The van der Waals surface area contributed by atoms with Crippen LogP contribution in [0.25, 0.3) is 0 Å². The van der Waals surface area contributed by atoms with Gasteiger partial charge in [0.25, 0.3) is 5.56 Å². The molecule has 0 atom stereocenters. The van der Waals surface area contributed by atoms with Crippen LogP contribution in [0.5, 0.6) is 0 Å². The molecule has 0 radical (unpaired) electrons. The van der Waals surface area contributed by atoms with Crippen molar-refractivity contribution in [1.29, 1.82) is 0 Å². The summed E-state index contributed by atoms with van der Waals surface area (Å²) in [6.07, 6.45) is 1.74. The van der Waals surface area contributed by atoms with E-state index in [1.807, 2.05) is 0 Å². The molecule has 0 saturated carbocycles. The molecule has 0 unspecified atom stereocenters. The van der Waals surface area contributed by atoms with Crippen molar-refractivity contribution in [3.05, 3.63) is 28.2 Å². The third-order valence-electron chi connectivity index (χ3n) is 1.76. The lowest BCUT2D eigenvalue weighted by molar-refractivity contribution is -0.140. The van der Waals surface area contributed by atoms with Gasteiger partial charge >= 0.3 is 5.97 Å². The van der Waals surface area contributed by atoms with Gasteiger partial charge in [-0.2, -0.15) is 5.10 Å². The van der Waals surface area contributed by atoms with Crippen LogP contribution >= 0.6 is 0 Å². The lowest BCUT2D eigenvalue weighted by Crippen LogP contribution is -2.23. The van der Waals surface area contributed by atoms with Crippen molar-refractivity contribution >= 4 is 5.97 Å². The molecule has 1 aromatic heterocycles. The number of methoxy groups -OCH3 is 1. The third-order valence-corrected chi connectivity index (χ3v) is 1.76. The summed E-state index contributed by atoms with van der Waals surface area (Å²) in [6, 6.07) is 1.48. The average molecular weight is 196 g/mol. The molecule has 14 heavy (non-hydrogen) atoms. The van der Waals surface area contributed by atoms with E-state index in [9.17, 15) is 9.59 Å². The van der Waals surface area contributed by atoms with Crippen LogP contribution in [0.2, 0.25) is 0 Å². The topological polar surface area (TPSA) is 61.2 Å². The second-order valence-electron chi connectivity index (χ2n) is 2.92. The lowest BCUT2D eigenvalue weighted by Gasteiger charge is -2.02.